The number of furan rings is 1. The first-order valence-electron chi connectivity index (χ1n) is 9.10. The van der Waals surface area contributed by atoms with Gasteiger partial charge >= 0.3 is 0 Å². The first-order chi connectivity index (χ1) is 11.5. The Hall–Kier alpha value is -1.78. The van der Waals surface area contributed by atoms with E-state index < -0.39 is 0 Å². The number of nitrogens with one attached hydrogen (secondary N) is 1. The Morgan fingerprint density at radius 3 is 2.54 bits per heavy atom. The largest absolute Gasteiger partial charge is 0.459 e. The number of piperidine rings is 1. The average Bonchev–Trinajstić information content (AvgIpc) is 3.08. The lowest BCUT2D eigenvalue weighted by atomic mass is 9.95. The maximum Gasteiger partial charge on any atom is 0.289 e. The molecule has 0 bridgehead atoms. The van der Waals surface area contributed by atoms with Crippen LogP contribution in [0.25, 0.3) is 0 Å². The van der Waals surface area contributed by atoms with Gasteiger partial charge in [-0.3, -0.25) is 9.59 Å². The lowest BCUT2D eigenvalue weighted by Gasteiger charge is -2.31. The van der Waals surface area contributed by atoms with Gasteiger partial charge in [0.15, 0.2) is 5.76 Å². The summed E-state index contributed by atoms with van der Waals surface area (Å²) >= 11 is 0. The van der Waals surface area contributed by atoms with Crippen LogP contribution in [0.1, 0.15) is 63.4 Å². The third-order valence-corrected chi connectivity index (χ3v) is 4.69. The number of carbonyl (C=O) groups excluding carboxylic acids is 2. The Labute approximate surface area is 144 Å². The molecule has 0 aromatic carbocycles. The summed E-state index contributed by atoms with van der Waals surface area (Å²) in [5, 5.41) is 3.13. The molecule has 1 N–H and O–H groups in total. The second kappa shape index (κ2) is 8.90. The highest BCUT2D eigenvalue weighted by atomic mass is 16.3. The van der Waals surface area contributed by atoms with Crippen LogP contribution in [-0.4, -0.2) is 35.8 Å². The fourth-order valence-electron chi connectivity index (χ4n) is 3.17. The fourth-order valence-corrected chi connectivity index (χ4v) is 3.17. The molecule has 0 radical (unpaired) electrons. The van der Waals surface area contributed by atoms with Crippen molar-refractivity contribution in [3.63, 3.8) is 0 Å². The third kappa shape index (κ3) is 5.39. The molecule has 24 heavy (non-hydrogen) atoms. The number of amides is 2. The molecule has 0 unspecified atom stereocenters. The normalized spacial score (nSPS) is 17.1. The molecule has 1 fully saturated rings. The van der Waals surface area contributed by atoms with Crippen LogP contribution in [0.2, 0.25) is 0 Å². The maximum absolute atomic E-state index is 12.4. The Morgan fingerprint density at radius 1 is 1.25 bits per heavy atom. The van der Waals surface area contributed by atoms with Gasteiger partial charge in [0, 0.05) is 25.0 Å². The van der Waals surface area contributed by atoms with Crippen LogP contribution in [0.15, 0.2) is 22.8 Å². The van der Waals surface area contributed by atoms with Gasteiger partial charge in [0.1, 0.15) is 0 Å². The van der Waals surface area contributed by atoms with Crippen molar-refractivity contribution in [2.45, 2.75) is 58.9 Å². The van der Waals surface area contributed by atoms with Crippen LogP contribution in [0.3, 0.4) is 0 Å². The van der Waals surface area contributed by atoms with Gasteiger partial charge in [-0.25, -0.2) is 0 Å². The molecule has 1 aromatic heterocycles. The molecular weight excluding hydrogens is 304 g/mol. The van der Waals surface area contributed by atoms with Crippen molar-refractivity contribution in [2.24, 2.45) is 11.8 Å². The molecule has 1 aliphatic heterocycles. The number of rotatable bonds is 7. The van der Waals surface area contributed by atoms with E-state index in [2.05, 4.69) is 26.1 Å². The van der Waals surface area contributed by atoms with Crippen molar-refractivity contribution in [2.75, 3.05) is 13.1 Å². The third-order valence-electron chi connectivity index (χ3n) is 4.69. The molecule has 1 saturated heterocycles. The van der Waals surface area contributed by atoms with Gasteiger partial charge < -0.3 is 14.6 Å². The van der Waals surface area contributed by atoms with Gasteiger partial charge in [-0.15, -0.1) is 0 Å². The molecule has 1 aliphatic rings. The summed E-state index contributed by atoms with van der Waals surface area (Å²) in [4.78, 5) is 26.4. The molecule has 2 heterocycles. The van der Waals surface area contributed by atoms with Crippen molar-refractivity contribution >= 4 is 11.8 Å². The van der Waals surface area contributed by atoms with E-state index in [1.54, 1.807) is 17.0 Å². The molecule has 2 amide bonds. The van der Waals surface area contributed by atoms with Gasteiger partial charge in [-0.1, -0.05) is 26.7 Å². The van der Waals surface area contributed by atoms with Crippen LogP contribution in [0, 0.1) is 11.8 Å². The number of hydrogen-bond donors (Lipinski definition) is 1. The topological polar surface area (TPSA) is 62.6 Å². The second-order valence-corrected chi connectivity index (χ2v) is 7.28. The molecule has 5 heteroatoms. The average molecular weight is 334 g/mol. The summed E-state index contributed by atoms with van der Waals surface area (Å²) < 4.78 is 5.16. The number of nitrogens with zero attached hydrogens (tertiary/aromatic N) is 1. The molecule has 0 saturated carbocycles. The number of likely N-dealkylation sites (tertiary alicyclic amines) is 1. The molecule has 0 spiro atoms. The SMILES string of the molecule is CC(C)CCC[C@H](C)NC(=O)C1CCN(C(=O)c2ccco2)CC1. The lowest BCUT2D eigenvalue weighted by molar-refractivity contribution is -0.126. The quantitative estimate of drug-likeness (QED) is 0.830. The minimum Gasteiger partial charge on any atom is -0.459 e. The second-order valence-electron chi connectivity index (χ2n) is 7.28. The van der Waals surface area contributed by atoms with Crippen molar-refractivity contribution in [3.05, 3.63) is 24.2 Å². The Bertz CT molecular complexity index is 517. The predicted molar refractivity (Wildman–Crippen MR) is 93.6 cm³/mol. The van der Waals surface area contributed by atoms with Crippen LogP contribution in [0.4, 0.5) is 0 Å². The van der Waals surface area contributed by atoms with Gasteiger partial charge in [0.25, 0.3) is 5.91 Å². The summed E-state index contributed by atoms with van der Waals surface area (Å²) in [6.45, 7) is 7.74. The fraction of sp³-hybridized carbons (Fsp3) is 0.684. The molecule has 0 aliphatic carbocycles. The molecule has 1 aromatic rings. The number of hydrogen-bond acceptors (Lipinski definition) is 3. The maximum atomic E-state index is 12.4. The molecule has 1 atom stereocenters. The first-order valence-corrected chi connectivity index (χ1v) is 9.10. The van der Waals surface area contributed by atoms with Gasteiger partial charge in [-0.2, -0.15) is 0 Å². The summed E-state index contributed by atoms with van der Waals surface area (Å²) in [6.07, 6.45) is 6.32. The zero-order valence-electron chi connectivity index (χ0n) is 15.1. The van der Waals surface area contributed by atoms with E-state index in [-0.39, 0.29) is 23.8 Å². The van der Waals surface area contributed by atoms with E-state index in [0.717, 1.165) is 25.7 Å². The van der Waals surface area contributed by atoms with Gasteiger partial charge in [0.05, 0.1) is 6.26 Å². The Balaban J connectivity index is 1.71. The van der Waals surface area contributed by atoms with Gasteiger partial charge in [0.2, 0.25) is 5.91 Å². The lowest BCUT2D eigenvalue weighted by Crippen LogP contribution is -2.44. The van der Waals surface area contributed by atoms with Crippen LogP contribution in [0.5, 0.6) is 0 Å². The molecule has 2 rings (SSSR count). The predicted octanol–water partition coefficient (Wildman–Crippen LogP) is 3.46. The molecular formula is C19H30N2O3. The van der Waals surface area contributed by atoms with E-state index in [9.17, 15) is 9.59 Å². The zero-order valence-corrected chi connectivity index (χ0v) is 15.1. The van der Waals surface area contributed by atoms with Crippen LogP contribution < -0.4 is 5.32 Å². The highest BCUT2D eigenvalue weighted by Crippen LogP contribution is 2.20. The standard InChI is InChI=1S/C19H30N2O3/c1-14(2)6-4-7-15(3)20-18(22)16-9-11-21(12-10-16)19(23)17-8-5-13-24-17/h5,8,13-16H,4,6-7,9-12H2,1-3H3,(H,20,22)/t15-/m0/s1. The van der Waals surface area contributed by atoms with E-state index in [4.69, 9.17) is 4.42 Å². The molecule has 134 valence electrons. The van der Waals surface area contributed by atoms with Crippen molar-refractivity contribution in [1.82, 2.24) is 10.2 Å². The minimum absolute atomic E-state index is 0.0122. The summed E-state index contributed by atoms with van der Waals surface area (Å²) in [5.41, 5.74) is 0. The molecule has 5 nitrogen and oxygen atoms in total. The van der Waals surface area contributed by atoms with Crippen LogP contribution in [-0.2, 0) is 4.79 Å². The summed E-state index contributed by atoms with van der Waals surface area (Å²) in [7, 11) is 0. The van der Waals surface area contributed by atoms with Crippen molar-refractivity contribution in [1.29, 1.82) is 0 Å². The zero-order chi connectivity index (χ0) is 17.5. The number of carbonyl (C=O) groups is 2. The smallest absolute Gasteiger partial charge is 0.289 e. The van der Waals surface area contributed by atoms with E-state index in [0.29, 0.717) is 24.8 Å². The van der Waals surface area contributed by atoms with Gasteiger partial charge in [-0.05, 0) is 44.2 Å². The minimum atomic E-state index is -0.0825. The van der Waals surface area contributed by atoms with E-state index in [1.807, 2.05) is 0 Å². The first kappa shape index (κ1) is 18.6. The van der Waals surface area contributed by atoms with Crippen LogP contribution >= 0.6 is 0 Å². The Morgan fingerprint density at radius 2 is 1.96 bits per heavy atom. The van der Waals surface area contributed by atoms with E-state index >= 15 is 0 Å². The Kier molecular flexibility index (Phi) is 6.88. The van der Waals surface area contributed by atoms with Crippen molar-refractivity contribution in [3.8, 4) is 0 Å². The highest BCUT2D eigenvalue weighted by molar-refractivity contribution is 5.91. The summed E-state index contributed by atoms with van der Waals surface area (Å²) in [6, 6.07) is 3.62. The van der Waals surface area contributed by atoms with E-state index in [1.165, 1.54) is 12.7 Å². The summed E-state index contributed by atoms with van der Waals surface area (Å²) in [5.74, 6) is 1.15. The highest BCUT2D eigenvalue weighted by Gasteiger charge is 2.29. The monoisotopic (exact) mass is 334 g/mol. The van der Waals surface area contributed by atoms with Crippen molar-refractivity contribution < 1.29 is 14.0 Å².